The van der Waals surface area contributed by atoms with Gasteiger partial charge >= 0.3 is 7.60 Å². The summed E-state index contributed by atoms with van der Waals surface area (Å²) >= 11 is 0. The Bertz CT molecular complexity index is 729. The second-order valence-electron chi connectivity index (χ2n) is 6.39. The molecule has 0 bridgehead atoms. The standard InChI is InChI=1S/C13H23N6O4P/c1-19(2,3)5-7-23-24(20,21)10-22-6-4-18-9-17-11-12(14)15-8-16-13(11)18/h8-9H,4-7,10H2,1-3H3,(H2-,14,15,16,20,21)/p+1. The van der Waals surface area contributed by atoms with Crippen molar-refractivity contribution in [3.63, 3.8) is 0 Å². The normalized spacial score (nSPS) is 14.8. The van der Waals surface area contributed by atoms with E-state index in [2.05, 4.69) is 15.0 Å². The minimum atomic E-state index is -3.74. The number of rotatable bonds is 9. The molecule has 11 heteroatoms. The van der Waals surface area contributed by atoms with Gasteiger partial charge in [0, 0.05) is 6.54 Å². The van der Waals surface area contributed by atoms with E-state index in [9.17, 15) is 9.46 Å². The number of likely N-dealkylation sites (N-methyl/N-ethyl adjacent to an activating group) is 1. The molecule has 0 aliphatic carbocycles. The lowest BCUT2D eigenvalue weighted by molar-refractivity contribution is -0.870. The van der Waals surface area contributed by atoms with Crippen LogP contribution in [0.25, 0.3) is 11.2 Å². The molecule has 134 valence electrons. The minimum Gasteiger partial charge on any atom is -0.382 e. The highest BCUT2D eigenvalue weighted by molar-refractivity contribution is 7.52. The first kappa shape index (κ1) is 18.8. The van der Waals surface area contributed by atoms with Crippen LogP contribution in [0.15, 0.2) is 12.7 Å². The van der Waals surface area contributed by atoms with Crippen LogP contribution in [0.5, 0.6) is 0 Å². The molecule has 0 aromatic carbocycles. The number of nitrogen functional groups attached to an aromatic ring is 1. The molecule has 0 spiro atoms. The summed E-state index contributed by atoms with van der Waals surface area (Å²) in [5.74, 6) is 0.310. The van der Waals surface area contributed by atoms with Gasteiger partial charge in [-0.05, 0) is 0 Å². The number of ether oxygens (including phenoxy) is 1. The molecule has 10 nitrogen and oxygen atoms in total. The van der Waals surface area contributed by atoms with E-state index >= 15 is 0 Å². The second-order valence-corrected chi connectivity index (χ2v) is 8.18. The van der Waals surface area contributed by atoms with Gasteiger partial charge < -0.3 is 28.9 Å². The Morgan fingerprint density at radius 2 is 2.04 bits per heavy atom. The number of nitrogens with zero attached hydrogens (tertiary/aromatic N) is 5. The third kappa shape index (κ3) is 5.50. The number of quaternary nitrogens is 1. The van der Waals surface area contributed by atoms with Crippen molar-refractivity contribution in [2.24, 2.45) is 0 Å². The first-order valence-corrected chi connectivity index (χ1v) is 9.20. The maximum atomic E-state index is 11.9. The molecule has 0 radical (unpaired) electrons. The van der Waals surface area contributed by atoms with Gasteiger partial charge in [-0.2, -0.15) is 0 Å². The Balaban J connectivity index is 1.77. The van der Waals surface area contributed by atoms with Gasteiger partial charge in [-0.25, -0.2) is 15.0 Å². The molecule has 0 aliphatic rings. The van der Waals surface area contributed by atoms with Crippen molar-refractivity contribution in [2.45, 2.75) is 6.54 Å². The van der Waals surface area contributed by atoms with Crippen LogP contribution in [0.3, 0.4) is 0 Å². The molecule has 0 saturated carbocycles. The second kappa shape index (κ2) is 7.54. The van der Waals surface area contributed by atoms with Crippen molar-refractivity contribution in [2.75, 3.05) is 53.0 Å². The average molecular weight is 359 g/mol. The molecule has 2 heterocycles. The lowest BCUT2D eigenvalue weighted by atomic mass is 10.5. The largest absolute Gasteiger partial charge is 0.382 e. The molecular formula is C13H24N6O4P+. The van der Waals surface area contributed by atoms with Gasteiger partial charge in [-0.3, -0.25) is 4.57 Å². The minimum absolute atomic E-state index is 0.197. The van der Waals surface area contributed by atoms with Gasteiger partial charge in [0.1, 0.15) is 31.3 Å². The molecule has 1 atom stereocenters. The summed E-state index contributed by atoms with van der Waals surface area (Å²) in [6.45, 7) is 1.47. The molecule has 0 aliphatic heterocycles. The fraction of sp³-hybridized carbons (Fsp3) is 0.615. The van der Waals surface area contributed by atoms with Crippen LogP contribution in [-0.4, -0.2) is 76.1 Å². The lowest BCUT2D eigenvalue weighted by Gasteiger charge is -2.24. The van der Waals surface area contributed by atoms with Crippen LogP contribution < -0.4 is 5.73 Å². The number of imidazole rings is 1. The highest BCUT2D eigenvalue weighted by atomic mass is 31.2. The van der Waals surface area contributed by atoms with Crippen LogP contribution in [0.4, 0.5) is 5.82 Å². The van der Waals surface area contributed by atoms with E-state index < -0.39 is 7.60 Å². The van der Waals surface area contributed by atoms with Crippen LogP contribution in [-0.2, 0) is 20.4 Å². The van der Waals surface area contributed by atoms with Crippen molar-refractivity contribution in [3.8, 4) is 0 Å². The molecule has 0 amide bonds. The van der Waals surface area contributed by atoms with Crippen molar-refractivity contribution >= 4 is 24.6 Å². The summed E-state index contributed by atoms with van der Waals surface area (Å²) in [5.41, 5.74) is 6.83. The van der Waals surface area contributed by atoms with Gasteiger partial charge in [0.15, 0.2) is 11.5 Å². The predicted octanol–water partition coefficient (Wildman–Crippen LogP) is 0.291. The zero-order chi connectivity index (χ0) is 17.8. The van der Waals surface area contributed by atoms with E-state index in [1.807, 2.05) is 21.1 Å². The van der Waals surface area contributed by atoms with Crippen LogP contribution >= 0.6 is 7.60 Å². The van der Waals surface area contributed by atoms with Crippen molar-refractivity contribution in [1.29, 1.82) is 0 Å². The number of nitrogens with two attached hydrogens (primary N) is 1. The lowest BCUT2D eigenvalue weighted by Crippen LogP contribution is -2.37. The van der Waals surface area contributed by atoms with E-state index in [1.54, 1.807) is 10.9 Å². The highest BCUT2D eigenvalue weighted by Crippen LogP contribution is 2.41. The fourth-order valence-electron chi connectivity index (χ4n) is 1.90. The van der Waals surface area contributed by atoms with Gasteiger partial charge in [0.05, 0.1) is 34.1 Å². The summed E-state index contributed by atoms with van der Waals surface area (Å²) in [6.07, 6.45) is 2.59. The molecule has 2 aromatic rings. The number of fused-ring (bicyclic) bond motifs is 1. The first-order chi connectivity index (χ1) is 11.2. The van der Waals surface area contributed by atoms with Gasteiger partial charge in [-0.15, -0.1) is 0 Å². The molecule has 1 unspecified atom stereocenters. The molecule has 2 rings (SSSR count). The molecule has 2 aromatic heterocycles. The third-order valence-corrected chi connectivity index (χ3v) is 4.31. The maximum Gasteiger partial charge on any atom is 0.353 e. The topological polar surface area (TPSA) is 125 Å². The van der Waals surface area contributed by atoms with Crippen molar-refractivity contribution < 1.29 is 23.2 Å². The molecule has 3 N–H and O–H groups in total. The van der Waals surface area contributed by atoms with E-state index in [4.69, 9.17) is 15.0 Å². The Hall–Kier alpha value is -1.58. The average Bonchev–Trinajstić information content (AvgIpc) is 2.87. The molecule has 0 saturated heterocycles. The zero-order valence-corrected chi connectivity index (χ0v) is 15.0. The van der Waals surface area contributed by atoms with Crippen molar-refractivity contribution in [1.82, 2.24) is 19.5 Å². The van der Waals surface area contributed by atoms with Crippen molar-refractivity contribution in [3.05, 3.63) is 12.7 Å². The van der Waals surface area contributed by atoms with Gasteiger partial charge in [-0.1, -0.05) is 0 Å². The Kier molecular flexibility index (Phi) is 5.89. The summed E-state index contributed by atoms with van der Waals surface area (Å²) < 4.78 is 24.6. The Morgan fingerprint density at radius 3 is 2.75 bits per heavy atom. The maximum absolute atomic E-state index is 11.9. The third-order valence-electron chi connectivity index (χ3n) is 3.22. The van der Waals surface area contributed by atoms with Gasteiger partial charge in [0.25, 0.3) is 0 Å². The number of hydrogen-bond acceptors (Lipinski definition) is 7. The van der Waals surface area contributed by atoms with E-state index in [1.165, 1.54) is 6.33 Å². The molecular weight excluding hydrogens is 335 g/mol. The highest BCUT2D eigenvalue weighted by Gasteiger charge is 2.21. The molecule has 0 fully saturated rings. The predicted molar refractivity (Wildman–Crippen MR) is 89.2 cm³/mol. The number of anilines is 1. The van der Waals surface area contributed by atoms with E-state index in [0.717, 1.165) is 0 Å². The van der Waals surface area contributed by atoms with E-state index in [0.29, 0.717) is 34.6 Å². The summed E-state index contributed by atoms with van der Waals surface area (Å²) in [5, 5.41) is 0. The van der Waals surface area contributed by atoms with Crippen LogP contribution in [0.2, 0.25) is 0 Å². The Morgan fingerprint density at radius 1 is 1.29 bits per heavy atom. The zero-order valence-electron chi connectivity index (χ0n) is 14.1. The Labute approximate surface area is 140 Å². The number of aromatic nitrogens is 4. The first-order valence-electron chi connectivity index (χ1n) is 7.44. The quantitative estimate of drug-likeness (QED) is 0.372. The summed E-state index contributed by atoms with van der Waals surface area (Å²) in [4.78, 5) is 21.8. The smallest absolute Gasteiger partial charge is 0.353 e. The van der Waals surface area contributed by atoms with Crippen LogP contribution in [0, 0.1) is 0 Å². The SMILES string of the molecule is C[N+](C)(C)CCOP(=O)(O)COCCn1cnc2c(N)ncnc21. The van der Waals surface area contributed by atoms with Crippen LogP contribution in [0.1, 0.15) is 0 Å². The molecule has 24 heavy (non-hydrogen) atoms. The summed E-state index contributed by atoms with van der Waals surface area (Å²) in [7, 11) is 2.20. The fourth-order valence-corrected chi connectivity index (χ4v) is 2.70. The van der Waals surface area contributed by atoms with E-state index in [-0.39, 0.29) is 19.6 Å². The monoisotopic (exact) mass is 359 g/mol. The van der Waals surface area contributed by atoms with Gasteiger partial charge in [0.2, 0.25) is 0 Å². The summed E-state index contributed by atoms with van der Waals surface area (Å²) in [6, 6.07) is 0. The number of hydrogen-bond donors (Lipinski definition) is 2.